The molecule has 0 aliphatic carbocycles. The molecular formula is C13H13N5OS. The Labute approximate surface area is 120 Å². The van der Waals surface area contributed by atoms with Gasteiger partial charge in [-0.1, -0.05) is 42.1 Å². The van der Waals surface area contributed by atoms with Gasteiger partial charge in [-0.25, -0.2) is 0 Å². The third-order valence-corrected chi connectivity index (χ3v) is 3.76. The van der Waals surface area contributed by atoms with E-state index in [1.807, 2.05) is 41.9 Å². The summed E-state index contributed by atoms with van der Waals surface area (Å²) in [5.74, 6) is 2.59. The van der Waals surface area contributed by atoms with Crippen LogP contribution in [-0.2, 0) is 12.8 Å². The van der Waals surface area contributed by atoms with Crippen molar-refractivity contribution in [2.75, 3.05) is 0 Å². The van der Waals surface area contributed by atoms with Gasteiger partial charge in [-0.2, -0.15) is 0 Å². The molecule has 0 unspecified atom stereocenters. The van der Waals surface area contributed by atoms with E-state index in [0.29, 0.717) is 17.5 Å². The smallest absolute Gasteiger partial charge is 0.226 e. The van der Waals surface area contributed by atoms with Gasteiger partial charge in [0.05, 0.1) is 5.75 Å². The molecule has 0 bridgehead atoms. The Hall–Kier alpha value is -2.15. The summed E-state index contributed by atoms with van der Waals surface area (Å²) in [6, 6.07) is 9.98. The van der Waals surface area contributed by atoms with Crippen molar-refractivity contribution in [3.05, 3.63) is 42.1 Å². The van der Waals surface area contributed by atoms with Crippen molar-refractivity contribution in [3.8, 4) is 11.4 Å². The minimum atomic E-state index is 0.573. The van der Waals surface area contributed by atoms with E-state index in [9.17, 15) is 0 Å². The summed E-state index contributed by atoms with van der Waals surface area (Å²) >= 11 is 1.52. The van der Waals surface area contributed by atoms with E-state index >= 15 is 0 Å². The maximum Gasteiger partial charge on any atom is 0.226 e. The number of thioether (sulfide) groups is 1. The van der Waals surface area contributed by atoms with Gasteiger partial charge >= 0.3 is 0 Å². The van der Waals surface area contributed by atoms with Crippen LogP contribution in [0.4, 0.5) is 0 Å². The first-order valence-electron chi connectivity index (χ1n) is 6.10. The monoisotopic (exact) mass is 287 g/mol. The quantitative estimate of drug-likeness (QED) is 0.687. The van der Waals surface area contributed by atoms with Crippen LogP contribution in [-0.4, -0.2) is 25.0 Å². The second-order valence-corrected chi connectivity index (χ2v) is 5.18. The summed E-state index contributed by atoms with van der Waals surface area (Å²) in [6.45, 7) is 1.77. The van der Waals surface area contributed by atoms with Crippen LogP contribution in [0.2, 0.25) is 0 Å². The second-order valence-electron chi connectivity index (χ2n) is 4.23. The first-order chi connectivity index (χ1) is 9.74. The van der Waals surface area contributed by atoms with E-state index in [-0.39, 0.29) is 0 Å². The largest absolute Gasteiger partial charge is 0.425 e. The molecule has 3 rings (SSSR count). The maximum absolute atomic E-state index is 5.34. The van der Waals surface area contributed by atoms with Crippen molar-refractivity contribution in [2.45, 2.75) is 17.8 Å². The van der Waals surface area contributed by atoms with E-state index in [0.717, 1.165) is 16.5 Å². The molecule has 0 saturated carbocycles. The minimum absolute atomic E-state index is 0.573. The Morgan fingerprint density at radius 2 is 1.90 bits per heavy atom. The van der Waals surface area contributed by atoms with Gasteiger partial charge in [0.1, 0.15) is 0 Å². The molecular weight excluding hydrogens is 274 g/mol. The number of rotatable bonds is 4. The first kappa shape index (κ1) is 12.9. The van der Waals surface area contributed by atoms with Gasteiger partial charge in [0.2, 0.25) is 11.8 Å². The molecule has 0 radical (unpaired) electrons. The van der Waals surface area contributed by atoms with Gasteiger partial charge in [-0.05, 0) is 0 Å². The Bertz CT molecular complexity index is 707. The Morgan fingerprint density at radius 3 is 2.60 bits per heavy atom. The lowest BCUT2D eigenvalue weighted by molar-refractivity contribution is 0.485. The molecule has 0 aliphatic rings. The number of benzene rings is 1. The van der Waals surface area contributed by atoms with Crippen LogP contribution in [0.15, 0.2) is 39.9 Å². The van der Waals surface area contributed by atoms with Crippen molar-refractivity contribution in [1.29, 1.82) is 0 Å². The molecule has 0 amide bonds. The summed E-state index contributed by atoms with van der Waals surface area (Å²) < 4.78 is 7.30. The molecule has 3 aromatic rings. The van der Waals surface area contributed by atoms with Gasteiger partial charge < -0.3 is 8.98 Å². The molecule has 0 aliphatic heterocycles. The zero-order chi connectivity index (χ0) is 13.9. The molecule has 7 heteroatoms. The summed E-state index contributed by atoms with van der Waals surface area (Å²) in [5, 5.41) is 17.0. The van der Waals surface area contributed by atoms with E-state index in [2.05, 4.69) is 20.4 Å². The van der Waals surface area contributed by atoms with Crippen LogP contribution >= 0.6 is 11.8 Å². The van der Waals surface area contributed by atoms with E-state index in [1.165, 1.54) is 11.8 Å². The molecule has 2 aromatic heterocycles. The molecule has 2 heterocycles. The van der Waals surface area contributed by atoms with Crippen molar-refractivity contribution in [1.82, 2.24) is 25.0 Å². The van der Waals surface area contributed by atoms with Crippen molar-refractivity contribution < 1.29 is 4.42 Å². The Balaban J connectivity index is 1.77. The zero-order valence-electron chi connectivity index (χ0n) is 11.1. The minimum Gasteiger partial charge on any atom is -0.425 e. The van der Waals surface area contributed by atoms with Crippen LogP contribution in [0.1, 0.15) is 11.8 Å². The molecule has 0 saturated heterocycles. The van der Waals surface area contributed by atoms with Gasteiger partial charge in [0, 0.05) is 19.5 Å². The molecule has 0 spiro atoms. The SMILES string of the molecule is Cc1nnc(CSc2nnc(-c3ccccc3)n2C)o1. The number of nitrogens with zero attached hydrogens (tertiary/aromatic N) is 5. The van der Waals surface area contributed by atoms with Crippen LogP contribution in [0, 0.1) is 6.92 Å². The normalized spacial score (nSPS) is 10.9. The predicted molar refractivity (Wildman–Crippen MR) is 75.0 cm³/mol. The Morgan fingerprint density at radius 1 is 1.10 bits per heavy atom. The van der Waals surface area contributed by atoms with E-state index in [1.54, 1.807) is 6.92 Å². The molecule has 102 valence electrons. The summed E-state index contributed by atoms with van der Waals surface area (Å²) in [6.07, 6.45) is 0. The van der Waals surface area contributed by atoms with Crippen molar-refractivity contribution in [2.24, 2.45) is 7.05 Å². The lowest BCUT2D eigenvalue weighted by Gasteiger charge is -2.02. The van der Waals surface area contributed by atoms with Crippen LogP contribution < -0.4 is 0 Å². The fourth-order valence-corrected chi connectivity index (χ4v) is 2.55. The molecule has 6 nitrogen and oxygen atoms in total. The molecule has 0 fully saturated rings. The average Bonchev–Trinajstić information content (AvgIpc) is 3.04. The summed E-state index contributed by atoms with van der Waals surface area (Å²) in [7, 11) is 1.95. The summed E-state index contributed by atoms with van der Waals surface area (Å²) in [4.78, 5) is 0. The van der Waals surface area contributed by atoms with Crippen molar-refractivity contribution in [3.63, 3.8) is 0 Å². The highest BCUT2D eigenvalue weighted by atomic mass is 32.2. The molecule has 0 atom stereocenters. The fourth-order valence-electron chi connectivity index (χ4n) is 1.80. The molecule has 1 aromatic carbocycles. The highest BCUT2D eigenvalue weighted by molar-refractivity contribution is 7.98. The van der Waals surface area contributed by atoms with Crippen LogP contribution in [0.25, 0.3) is 11.4 Å². The third-order valence-electron chi connectivity index (χ3n) is 2.76. The van der Waals surface area contributed by atoms with E-state index < -0.39 is 0 Å². The number of hydrogen-bond acceptors (Lipinski definition) is 6. The van der Waals surface area contributed by atoms with Crippen LogP contribution in [0.3, 0.4) is 0 Å². The van der Waals surface area contributed by atoms with Crippen molar-refractivity contribution >= 4 is 11.8 Å². The third kappa shape index (κ3) is 2.57. The second kappa shape index (κ2) is 5.46. The topological polar surface area (TPSA) is 69.6 Å². The van der Waals surface area contributed by atoms with Gasteiger partial charge in [-0.15, -0.1) is 20.4 Å². The predicted octanol–water partition coefficient (Wildman–Crippen LogP) is 2.47. The number of aryl methyl sites for hydroxylation is 1. The maximum atomic E-state index is 5.34. The molecule has 20 heavy (non-hydrogen) atoms. The average molecular weight is 287 g/mol. The van der Waals surface area contributed by atoms with Gasteiger partial charge in [-0.3, -0.25) is 0 Å². The Kier molecular flexibility index (Phi) is 3.51. The van der Waals surface area contributed by atoms with E-state index in [4.69, 9.17) is 4.42 Å². The highest BCUT2D eigenvalue weighted by Gasteiger charge is 2.12. The number of hydrogen-bond donors (Lipinski definition) is 0. The summed E-state index contributed by atoms with van der Waals surface area (Å²) in [5.41, 5.74) is 1.04. The lowest BCUT2D eigenvalue weighted by atomic mass is 10.2. The van der Waals surface area contributed by atoms with Gasteiger partial charge in [0.25, 0.3) is 0 Å². The van der Waals surface area contributed by atoms with Gasteiger partial charge in [0.15, 0.2) is 11.0 Å². The standard InChI is InChI=1S/C13H13N5OS/c1-9-14-15-11(19-9)8-20-13-17-16-12(18(13)2)10-6-4-3-5-7-10/h3-7H,8H2,1-2H3. The highest BCUT2D eigenvalue weighted by Crippen LogP contribution is 2.24. The lowest BCUT2D eigenvalue weighted by Crippen LogP contribution is -1.95. The van der Waals surface area contributed by atoms with Crippen LogP contribution in [0.5, 0.6) is 0 Å². The molecule has 0 N–H and O–H groups in total. The fraction of sp³-hybridized carbons (Fsp3) is 0.231. The first-order valence-corrected chi connectivity index (χ1v) is 7.09. The zero-order valence-corrected chi connectivity index (χ0v) is 12.0. The number of aromatic nitrogens is 5.